The van der Waals surface area contributed by atoms with Crippen molar-refractivity contribution in [1.29, 1.82) is 0 Å². The third-order valence-electron chi connectivity index (χ3n) is 5.24. The highest BCUT2D eigenvalue weighted by Gasteiger charge is 2.21. The number of amides is 2. The Hall–Kier alpha value is -3.97. The highest BCUT2D eigenvalue weighted by Crippen LogP contribution is 2.20. The van der Waals surface area contributed by atoms with Crippen LogP contribution in [0.3, 0.4) is 0 Å². The van der Waals surface area contributed by atoms with Gasteiger partial charge in [0.15, 0.2) is 0 Å². The molecule has 0 spiro atoms. The summed E-state index contributed by atoms with van der Waals surface area (Å²) in [6.07, 6.45) is 3.72. The van der Waals surface area contributed by atoms with Crippen LogP contribution in [0.5, 0.6) is 0 Å². The van der Waals surface area contributed by atoms with Gasteiger partial charge in [-0.05, 0) is 36.8 Å². The lowest BCUT2D eigenvalue weighted by atomic mass is 10.0. The zero-order chi connectivity index (χ0) is 25.0. The summed E-state index contributed by atoms with van der Waals surface area (Å²) in [6.45, 7) is 1.87. The Morgan fingerprint density at radius 1 is 1.14 bits per heavy atom. The summed E-state index contributed by atoms with van der Waals surface area (Å²) in [5.41, 5.74) is 5.43. The molecule has 1 aromatic heterocycles. The number of methoxy groups -OCH3 is 1. The van der Waals surface area contributed by atoms with Gasteiger partial charge in [-0.2, -0.15) is 0 Å². The van der Waals surface area contributed by atoms with Crippen molar-refractivity contribution in [3.63, 3.8) is 0 Å². The molecule has 0 bridgehead atoms. The van der Waals surface area contributed by atoms with Crippen LogP contribution in [0.4, 0.5) is 0 Å². The Labute approximate surface area is 203 Å². The number of hydrogen-bond acceptors (Lipinski definition) is 6. The molecule has 0 fully saturated rings. The van der Waals surface area contributed by atoms with E-state index in [-0.39, 0.29) is 25.7 Å². The largest absolute Gasteiger partial charge is 0.359 e. The van der Waals surface area contributed by atoms with Crippen molar-refractivity contribution in [2.45, 2.75) is 19.4 Å². The van der Waals surface area contributed by atoms with Gasteiger partial charge in [-0.15, -0.1) is 0 Å². The summed E-state index contributed by atoms with van der Waals surface area (Å²) in [5.74, 6) is 4.93. The molecule has 35 heavy (non-hydrogen) atoms. The van der Waals surface area contributed by atoms with Crippen LogP contribution in [0.15, 0.2) is 61.1 Å². The first-order valence-corrected chi connectivity index (χ1v) is 11.0. The molecule has 2 aromatic carbocycles. The van der Waals surface area contributed by atoms with Crippen LogP contribution in [0.1, 0.15) is 34.8 Å². The number of ether oxygens (including phenoxy) is 2. The van der Waals surface area contributed by atoms with Gasteiger partial charge in [0.2, 0.25) is 5.91 Å². The van der Waals surface area contributed by atoms with Gasteiger partial charge in [0.25, 0.3) is 5.91 Å². The smallest absolute Gasteiger partial charge is 0.251 e. The first kappa shape index (κ1) is 25.6. The van der Waals surface area contributed by atoms with Crippen LogP contribution < -0.4 is 10.8 Å². The van der Waals surface area contributed by atoms with Crippen molar-refractivity contribution in [1.82, 2.24) is 20.8 Å². The molecular formula is C26H28N4O5. The van der Waals surface area contributed by atoms with E-state index in [0.29, 0.717) is 5.56 Å². The van der Waals surface area contributed by atoms with E-state index < -0.39 is 17.9 Å². The van der Waals surface area contributed by atoms with E-state index in [1.54, 1.807) is 43.0 Å². The number of hydrogen-bond donors (Lipinski definition) is 4. The molecule has 3 rings (SSSR count). The topological polar surface area (TPSA) is 126 Å². The number of rotatable bonds is 10. The van der Waals surface area contributed by atoms with Crippen LogP contribution in [0.2, 0.25) is 0 Å². The minimum Gasteiger partial charge on any atom is -0.359 e. The zero-order valence-corrected chi connectivity index (χ0v) is 19.6. The number of aromatic amines is 1. The first-order chi connectivity index (χ1) is 17.0. The van der Waals surface area contributed by atoms with E-state index in [0.717, 1.165) is 22.4 Å². The summed E-state index contributed by atoms with van der Waals surface area (Å²) in [7, 11) is 1.50. The number of carbonyl (C=O) groups is 2. The van der Waals surface area contributed by atoms with Crippen molar-refractivity contribution in [3.05, 3.63) is 77.7 Å². The molecule has 0 radical (unpaired) electrons. The number of imidazole rings is 1. The molecule has 0 aliphatic heterocycles. The van der Waals surface area contributed by atoms with Gasteiger partial charge in [-0.25, -0.2) is 10.5 Å². The summed E-state index contributed by atoms with van der Waals surface area (Å²) in [6, 6.07) is 14.2. The van der Waals surface area contributed by atoms with E-state index >= 15 is 0 Å². The molecule has 0 saturated carbocycles. The second kappa shape index (κ2) is 13.1. The molecular weight excluding hydrogens is 448 g/mol. The van der Waals surface area contributed by atoms with Crippen molar-refractivity contribution < 1.29 is 24.3 Å². The van der Waals surface area contributed by atoms with Gasteiger partial charge in [0, 0.05) is 41.5 Å². The Balaban J connectivity index is 1.68. The summed E-state index contributed by atoms with van der Waals surface area (Å²) in [5, 5.41) is 11.7. The van der Waals surface area contributed by atoms with Gasteiger partial charge < -0.3 is 19.8 Å². The lowest BCUT2D eigenvalue weighted by molar-refractivity contribution is -0.133. The molecule has 9 heteroatoms. The van der Waals surface area contributed by atoms with Gasteiger partial charge >= 0.3 is 0 Å². The number of carbonyl (C=O) groups excluding carboxylic acids is 2. The minimum atomic E-state index is -0.534. The van der Waals surface area contributed by atoms with E-state index in [9.17, 15) is 9.59 Å². The molecule has 4 N–H and O–H groups in total. The maximum Gasteiger partial charge on any atom is 0.251 e. The molecule has 2 amide bonds. The molecule has 0 aliphatic rings. The van der Waals surface area contributed by atoms with Crippen LogP contribution in [0.25, 0.3) is 11.3 Å². The number of hydroxylamine groups is 1. The minimum absolute atomic E-state index is 0.0591. The average Bonchev–Trinajstić information content (AvgIpc) is 3.42. The predicted molar refractivity (Wildman–Crippen MR) is 129 cm³/mol. The quantitative estimate of drug-likeness (QED) is 0.117. The van der Waals surface area contributed by atoms with Gasteiger partial charge in [-0.1, -0.05) is 37.0 Å². The maximum atomic E-state index is 12.8. The molecule has 0 saturated heterocycles. The van der Waals surface area contributed by atoms with Gasteiger partial charge in [0.05, 0.1) is 24.7 Å². The molecule has 9 nitrogen and oxygen atoms in total. The van der Waals surface area contributed by atoms with E-state index in [1.807, 2.05) is 30.5 Å². The molecule has 1 heterocycles. The third-order valence-corrected chi connectivity index (χ3v) is 5.24. The Morgan fingerprint density at radius 2 is 1.91 bits per heavy atom. The fourth-order valence-electron chi connectivity index (χ4n) is 3.42. The summed E-state index contributed by atoms with van der Waals surface area (Å²) in [4.78, 5) is 31.7. The summed E-state index contributed by atoms with van der Waals surface area (Å²) >= 11 is 0. The zero-order valence-electron chi connectivity index (χ0n) is 19.6. The van der Waals surface area contributed by atoms with Crippen LogP contribution in [-0.4, -0.2) is 53.5 Å². The van der Waals surface area contributed by atoms with Crippen molar-refractivity contribution in [3.8, 4) is 23.1 Å². The molecule has 3 aromatic rings. The fourth-order valence-corrected chi connectivity index (χ4v) is 3.42. The van der Waals surface area contributed by atoms with Gasteiger partial charge in [0.1, 0.15) is 6.79 Å². The van der Waals surface area contributed by atoms with Crippen LogP contribution in [0, 0.1) is 17.8 Å². The van der Waals surface area contributed by atoms with Crippen LogP contribution >= 0.6 is 0 Å². The standard InChI is InChI=1S/C26H28N4O5/c1-18(25(31)30-33)13-22(15-35-17-34-2)29-26(32)21-11-8-19(9-12-21)7-10-20-5-3-4-6-23(20)24-14-27-16-28-24/h3-6,8-9,11-12,14,16,18,22,33H,13,15,17H2,1-2H3,(H,27,28)(H,29,32)(H,30,31)/t18-,22-/m0/s1. The lowest BCUT2D eigenvalue weighted by Crippen LogP contribution is -2.41. The first-order valence-electron chi connectivity index (χ1n) is 11.0. The average molecular weight is 477 g/mol. The highest BCUT2D eigenvalue weighted by atomic mass is 16.7. The van der Waals surface area contributed by atoms with E-state index in [1.165, 1.54) is 7.11 Å². The van der Waals surface area contributed by atoms with E-state index in [2.05, 4.69) is 27.1 Å². The van der Waals surface area contributed by atoms with Crippen molar-refractivity contribution in [2.24, 2.45) is 5.92 Å². The molecule has 0 aliphatic carbocycles. The van der Waals surface area contributed by atoms with Crippen molar-refractivity contribution >= 4 is 11.8 Å². The number of nitrogens with zero attached hydrogens (tertiary/aromatic N) is 1. The fraction of sp³-hybridized carbons (Fsp3) is 0.269. The van der Waals surface area contributed by atoms with Crippen molar-refractivity contribution in [2.75, 3.05) is 20.5 Å². The highest BCUT2D eigenvalue weighted by molar-refractivity contribution is 5.94. The van der Waals surface area contributed by atoms with Gasteiger partial charge in [-0.3, -0.25) is 14.8 Å². The predicted octanol–water partition coefficient (Wildman–Crippen LogP) is 2.73. The second-order valence-electron chi connectivity index (χ2n) is 7.89. The number of nitrogens with one attached hydrogen (secondary N) is 3. The molecule has 0 unspecified atom stereocenters. The lowest BCUT2D eigenvalue weighted by Gasteiger charge is -2.21. The second-order valence-corrected chi connectivity index (χ2v) is 7.89. The monoisotopic (exact) mass is 476 g/mol. The molecule has 2 atom stereocenters. The summed E-state index contributed by atoms with van der Waals surface area (Å²) < 4.78 is 10.2. The third kappa shape index (κ3) is 7.52. The van der Waals surface area contributed by atoms with Crippen LogP contribution in [-0.2, 0) is 14.3 Å². The Morgan fingerprint density at radius 3 is 2.60 bits per heavy atom. The van der Waals surface area contributed by atoms with E-state index in [4.69, 9.17) is 14.7 Å². The number of aromatic nitrogens is 2. The number of benzene rings is 2. The normalized spacial score (nSPS) is 12.2. The Bertz CT molecular complexity index is 1170. The maximum absolute atomic E-state index is 12.8. The SMILES string of the molecule is COCOC[C@H](C[C@H](C)C(=O)NO)NC(=O)c1ccc(C#Cc2ccccc2-c2c[nH]cn2)cc1. The molecule has 182 valence electrons. The number of H-pyrrole nitrogens is 1. The Kier molecular flexibility index (Phi) is 9.57.